The van der Waals surface area contributed by atoms with Gasteiger partial charge in [0.1, 0.15) is 0 Å². The maximum atomic E-state index is 12.9. The molecule has 6 nitrogen and oxygen atoms in total. The fourth-order valence-electron chi connectivity index (χ4n) is 2.03. The summed E-state index contributed by atoms with van der Waals surface area (Å²) in [4.78, 5) is 12.2. The molecule has 0 aliphatic carbocycles. The Morgan fingerprint density at radius 1 is 1.48 bits per heavy atom. The van der Waals surface area contributed by atoms with Crippen LogP contribution < -0.4 is 5.32 Å². The van der Waals surface area contributed by atoms with E-state index in [9.17, 15) is 23.1 Å². The first-order chi connectivity index (χ1) is 11.5. The summed E-state index contributed by atoms with van der Waals surface area (Å²) in [6.07, 6.45) is -1.74. The Morgan fingerprint density at radius 2 is 2.16 bits per heavy atom. The fraction of sp³-hybridized carbons (Fsp3) is 0.267. The summed E-state index contributed by atoms with van der Waals surface area (Å²) in [6.45, 7) is 1.01. The van der Waals surface area contributed by atoms with E-state index in [1.165, 1.54) is 30.1 Å². The van der Waals surface area contributed by atoms with Crippen molar-refractivity contribution in [1.82, 2.24) is 9.78 Å². The number of carbonyl (C=O) groups is 1. The second-order valence-corrected chi connectivity index (χ2v) is 6.37. The summed E-state index contributed by atoms with van der Waals surface area (Å²) in [6, 6.07) is 4.21. The minimum Gasteiger partial charge on any atom is -0.378 e. The van der Waals surface area contributed by atoms with E-state index in [4.69, 9.17) is 5.26 Å². The van der Waals surface area contributed by atoms with Crippen LogP contribution in [0.3, 0.4) is 0 Å². The van der Waals surface area contributed by atoms with Gasteiger partial charge in [0.2, 0.25) is 0 Å². The highest BCUT2D eigenvalue weighted by Crippen LogP contribution is 2.33. The highest BCUT2D eigenvalue weighted by atomic mass is 79.9. The molecular formula is C15H12BrF3N4O2. The molecule has 2 aromatic rings. The van der Waals surface area contributed by atoms with Gasteiger partial charge in [0, 0.05) is 11.9 Å². The largest absolute Gasteiger partial charge is 0.417 e. The van der Waals surface area contributed by atoms with Crippen molar-refractivity contribution in [3.8, 4) is 6.07 Å². The normalized spacial score (nSPS) is 13.8. The van der Waals surface area contributed by atoms with Crippen LogP contribution in [-0.2, 0) is 17.5 Å². The van der Waals surface area contributed by atoms with E-state index in [1.54, 1.807) is 0 Å². The number of hydrogen-bond acceptors (Lipinski definition) is 4. The number of carbonyl (C=O) groups excluding carboxylic acids is 1. The lowest BCUT2D eigenvalue weighted by Crippen LogP contribution is -2.43. The molecule has 2 rings (SSSR count). The smallest absolute Gasteiger partial charge is 0.378 e. The Labute approximate surface area is 149 Å². The Hall–Kier alpha value is -2.38. The molecule has 0 fully saturated rings. The van der Waals surface area contributed by atoms with Crippen molar-refractivity contribution in [1.29, 1.82) is 5.26 Å². The number of nitrogens with zero attached hydrogens (tertiary/aromatic N) is 3. The van der Waals surface area contributed by atoms with Crippen LogP contribution >= 0.6 is 15.9 Å². The van der Waals surface area contributed by atoms with Gasteiger partial charge in [0.05, 0.1) is 34.4 Å². The number of rotatable bonds is 4. The SMILES string of the molecule is CC(O)(Cn1cc(Br)cn1)C(=O)Nc1ccc(C#N)c(C(F)(F)F)c1. The van der Waals surface area contributed by atoms with Crippen molar-refractivity contribution >= 4 is 27.5 Å². The quantitative estimate of drug-likeness (QED) is 0.801. The van der Waals surface area contributed by atoms with Crippen molar-refractivity contribution in [2.24, 2.45) is 0 Å². The molecule has 0 spiro atoms. The number of hydrogen-bond donors (Lipinski definition) is 2. The first-order valence-corrected chi connectivity index (χ1v) is 7.65. The molecule has 1 heterocycles. The van der Waals surface area contributed by atoms with Gasteiger partial charge in [-0.2, -0.15) is 23.5 Å². The van der Waals surface area contributed by atoms with Gasteiger partial charge in [-0.25, -0.2) is 0 Å². The molecule has 25 heavy (non-hydrogen) atoms. The molecular weight excluding hydrogens is 405 g/mol. The van der Waals surface area contributed by atoms with Gasteiger partial charge < -0.3 is 10.4 Å². The van der Waals surface area contributed by atoms with Crippen molar-refractivity contribution in [3.05, 3.63) is 46.2 Å². The third-order valence-corrected chi connectivity index (χ3v) is 3.67. The minimum absolute atomic E-state index is 0.182. The van der Waals surface area contributed by atoms with E-state index in [1.807, 2.05) is 0 Å². The van der Waals surface area contributed by atoms with Gasteiger partial charge in [-0.3, -0.25) is 9.48 Å². The zero-order valence-electron chi connectivity index (χ0n) is 12.8. The van der Waals surface area contributed by atoms with Crippen LogP contribution in [0.25, 0.3) is 0 Å². The Balaban J connectivity index is 2.21. The topological polar surface area (TPSA) is 90.9 Å². The maximum absolute atomic E-state index is 12.9. The summed E-state index contributed by atoms with van der Waals surface area (Å²) in [5.41, 5.74) is -3.82. The lowest BCUT2D eigenvalue weighted by Gasteiger charge is -2.22. The number of halogens is 4. The van der Waals surface area contributed by atoms with Gasteiger partial charge in [0.25, 0.3) is 5.91 Å². The molecule has 1 aromatic carbocycles. The molecule has 1 unspecified atom stereocenters. The molecule has 0 saturated heterocycles. The number of benzene rings is 1. The molecule has 10 heteroatoms. The van der Waals surface area contributed by atoms with E-state index in [0.29, 0.717) is 10.5 Å². The number of nitriles is 1. The third-order valence-electron chi connectivity index (χ3n) is 3.26. The van der Waals surface area contributed by atoms with E-state index in [-0.39, 0.29) is 12.2 Å². The monoisotopic (exact) mass is 416 g/mol. The van der Waals surface area contributed by atoms with Crippen molar-refractivity contribution in [2.75, 3.05) is 5.32 Å². The summed E-state index contributed by atoms with van der Waals surface area (Å²) in [5.74, 6) is -0.906. The number of nitrogens with one attached hydrogen (secondary N) is 1. The van der Waals surface area contributed by atoms with E-state index in [2.05, 4.69) is 26.3 Å². The third kappa shape index (κ3) is 4.58. The molecule has 1 atom stereocenters. The zero-order valence-corrected chi connectivity index (χ0v) is 14.4. The molecule has 0 aliphatic rings. The molecule has 1 aromatic heterocycles. The molecule has 0 bridgehead atoms. The number of anilines is 1. The van der Waals surface area contributed by atoms with Crippen LogP contribution in [0.1, 0.15) is 18.1 Å². The number of aromatic nitrogens is 2. The molecule has 132 valence electrons. The van der Waals surface area contributed by atoms with Crippen LogP contribution in [0, 0.1) is 11.3 Å². The van der Waals surface area contributed by atoms with Gasteiger partial charge in [-0.05, 0) is 41.1 Å². The average Bonchev–Trinajstić information content (AvgIpc) is 2.90. The summed E-state index contributed by atoms with van der Waals surface area (Å²) < 4.78 is 40.8. The van der Waals surface area contributed by atoms with Crippen LogP contribution in [0.2, 0.25) is 0 Å². The Bertz CT molecular complexity index is 840. The molecule has 1 amide bonds. The number of alkyl halides is 3. The second kappa shape index (κ2) is 6.85. The van der Waals surface area contributed by atoms with E-state index >= 15 is 0 Å². The lowest BCUT2D eigenvalue weighted by molar-refractivity contribution is -0.138. The number of amides is 1. The summed E-state index contributed by atoms with van der Waals surface area (Å²) >= 11 is 3.17. The summed E-state index contributed by atoms with van der Waals surface area (Å²) in [5, 5.41) is 25.2. The Morgan fingerprint density at radius 3 is 2.68 bits per heavy atom. The zero-order chi connectivity index (χ0) is 18.8. The standard InChI is InChI=1S/C15H12BrF3N4O2/c1-14(25,8-23-7-10(16)6-21-23)13(24)22-11-3-2-9(5-20)12(4-11)15(17,18)19/h2-4,6-7,25H,8H2,1H3,(H,22,24). The van der Waals surface area contributed by atoms with Crippen molar-refractivity contribution in [3.63, 3.8) is 0 Å². The van der Waals surface area contributed by atoms with Gasteiger partial charge >= 0.3 is 6.18 Å². The Kier molecular flexibility index (Phi) is 5.20. The highest BCUT2D eigenvalue weighted by molar-refractivity contribution is 9.10. The molecule has 0 saturated carbocycles. The lowest BCUT2D eigenvalue weighted by atomic mass is 10.0. The van der Waals surface area contributed by atoms with Crippen LogP contribution in [0.5, 0.6) is 0 Å². The first-order valence-electron chi connectivity index (χ1n) is 6.86. The molecule has 0 radical (unpaired) electrons. The van der Waals surface area contributed by atoms with Crippen LogP contribution in [0.15, 0.2) is 35.1 Å². The fourth-order valence-corrected chi connectivity index (χ4v) is 2.36. The van der Waals surface area contributed by atoms with Crippen LogP contribution in [0.4, 0.5) is 18.9 Å². The van der Waals surface area contributed by atoms with Gasteiger partial charge in [-0.15, -0.1) is 0 Å². The van der Waals surface area contributed by atoms with Crippen LogP contribution in [-0.4, -0.2) is 26.4 Å². The predicted octanol–water partition coefficient (Wildman–Crippen LogP) is 2.93. The van der Waals surface area contributed by atoms with Crippen molar-refractivity contribution < 1.29 is 23.1 Å². The minimum atomic E-state index is -4.74. The van der Waals surface area contributed by atoms with E-state index in [0.717, 1.165) is 12.1 Å². The molecule has 2 N–H and O–H groups in total. The predicted molar refractivity (Wildman–Crippen MR) is 85.3 cm³/mol. The first kappa shape index (κ1) is 19.0. The van der Waals surface area contributed by atoms with Gasteiger partial charge in [-0.1, -0.05) is 0 Å². The number of aliphatic hydroxyl groups is 1. The summed E-state index contributed by atoms with van der Waals surface area (Å²) in [7, 11) is 0. The van der Waals surface area contributed by atoms with Crippen molar-refractivity contribution in [2.45, 2.75) is 25.2 Å². The maximum Gasteiger partial charge on any atom is 0.417 e. The van der Waals surface area contributed by atoms with E-state index < -0.39 is 28.8 Å². The highest BCUT2D eigenvalue weighted by Gasteiger charge is 2.35. The second-order valence-electron chi connectivity index (χ2n) is 5.45. The van der Waals surface area contributed by atoms with Gasteiger partial charge in [0.15, 0.2) is 5.60 Å². The molecule has 0 aliphatic heterocycles. The average molecular weight is 417 g/mol.